The molecule has 1 aliphatic carbocycles. The van der Waals surface area contributed by atoms with Crippen molar-refractivity contribution in [3.8, 4) is 0 Å². The van der Waals surface area contributed by atoms with Crippen molar-refractivity contribution in [3.63, 3.8) is 0 Å². The Labute approximate surface area is 111 Å². The molecular weight excluding hydrogens is 218 g/mol. The number of fused-ring (bicyclic) bond motifs is 2. The normalized spacial score (nSPS) is 35.0. The van der Waals surface area contributed by atoms with Crippen molar-refractivity contribution in [2.75, 3.05) is 11.9 Å². The van der Waals surface area contributed by atoms with Crippen molar-refractivity contribution in [3.05, 3.63) is 29.3 Å². The topological polar surface area (TPSA) is 3.24 Å². The molecule has 2 aliphatic rings. The van der Waals surface area contributed by atoms with E-state index >= 15 is 0 Å². The summed E-state index contributed by atoms with van der Waals surface area (Å²) >= 11 is 0. The van der Waals surface area contributed by atoms with E-state index in [0.29, 0.717) is 11.0 Å². The van der Waals surface area contributed by atoms with E-state index in [4.69, 9.17) is 0 Å². The number of hydrogen-bond acceptors (Lipinski definition) is 1. The Morgan fingerprint density at radius 2 is 1.83 bits per heavy atom. The van der Waals surface area contributed by atoms with Crippen molar-refractivity contribution in [1.29, 1.82) is 0 Å². The van der Waals surface area contributed by atoms with E-state index in [1.807, 2.05) is 0 Å². The van der Waals surface area contributed by atoms with E-state index in [9.17, 15) is 0 Å². The molecule has 1 fully saturated rings. The fraction of sp³-hybridized carbons (Fsp3) is 0.647. The van der Waals surface area contributed by atoms with Gasteiger partial charge in [0.2, 0.25) is 0 Å². The Morgan fingerprint density at radius 3 is 2.61 bits per heavy atom. The van der Waals surface area contributed by atoms with Crippen LogP contribution in [0.1, 0.15) is 50.7 Å². The summed E-state index contributed by atoms with van der Waals surface area (Å²) in [7, 11) is 2.30. The van der Waals surface area contributed by atoms with Crippen molar-refractivity contribution >= 4 is 5.69 Å². The molecule has 3 rings (SSSR count). The minimum absolute atomic E-state index is 0.341. The number of anilines is 1. The van der Waals surface area contributed by atoms with Gasteiger partial charge in [-0.2, -0.15) is 0 Å². The number of rotatable bonds is 0. The van der Waals surface area contributed by atoms with Crippen molar-refractivity contribution in [1.82, 2.24) is 0 Å². The van der Waals surface area contributed by atoms with Crippen LogP contribution in [0.25, 0.3) is 0 Å². The maximum atomic E-state index is 2.57. The molecule has 0 spiro atoms. The van der Waals surface area contributed by atoms with Gasteiger partial charge in [-0.05, 0) is 50.2 Å². The van der Waals surface area contributed by atoms with E-state index in [1.165, 1.54) is 43.4 Å². The van der Waals surface area contributed by atoms with Gasteiger partial charge in [0.05, 0.1) is 0 Å². The molecule has 0 aromatic heterocycles. The molecule has 1 heteroatoms. The quantitative estimate of drug-likeness (QED) is 0.655. The maximum Gasteiger partial charge on any atom is 0.0427 e. The van der Waals surface area contributed by atoms with Crippen molar-refractivity contribution in [2.24, 2.45) is 5.41 Å². The third-order valence-corrected chi connectivity index (χ3v) is 5.86. The van der Waals surface area contributed by atoms with Crippen LogP contribution in [0.2, 0.25) is 0 Å². The third-order valence-electron chi connectivity index (χ3n) is 5.86. The summed E-state index contributed by atoms with van der Waals surface area (Å²) in [6.45, 7) is 7.19. The summed E-state index contributed by atoms with van der Waals surface area (Å²) in [5.74, 6) is 0. The largest absolute Gasteiger partial charge is 0.368 e. The third kappa shape index (κ3) is 1.46. The van der Waals surface area contributed by atoms with Crippen LogP contribution in [-0.4, -0.2) is 12.6 Å². The zero-order chi connectivity index (χ0) is 13.0. The number of aryl methyl sites for hydroxylation is 1. The summed E-state index contributed by atoms with van der Waals surface area (Å²) in [4.78, 5) is 2.57. The van der Waals surface area contributed by atoms with Gasteiger partial charge in [-0.3, -0.25) is 0 Å². The van der Waals surface area contributed by atoms with Gasteiger partial charge in [-0.15, -0.1) is 0 Å². The maximum absolute atomic E-state index is 2.57. The molecule has 18 heavy (non-hydrogen) atoms. The molecule has 0 radical (unpaired) electrons. The summed E-state index contributed by atoms with van der Waals surface area (Å²) in [6.07, 6.45) is 6.76. The first kappa shape index (κ1) is 12.1. The second kappa shape index (κ2) is 3.76. The molecule has 1 heterocycles. The van der Waals surface area contributed by atoms with Crippen LogP contribution in [0.3, 0.4) is 0 Å². The second-order valence-electron chi connectivity index (χ2n) is 6.91. The molecule has 2 atom stereocenters. The minimum Gasteiger partial charge on any atom is -0.368 e. The Kier molecular flexibility index (Phi) is 2.52. The molecule has 98 valence electrons. The van der Waals surface area contributed by atoms with E-state index in [1.54, 1.807) is 5.56 Å². The fourth-order valence-corrected chi connectivity index (χ4v) is 4.28. The van der Waals surface area contributed by atoms with Gasteiger partial charge in [0.15, 0.2) is 0 Å². The lowest BCUT2D eigenvalue weighted by Crippen LogP contribution is -2.61. The molecule has 0 amide bonds. The number of nitrogens with zero attached hydrogens (tertiary/aromatic N) is 1. The molecule has 0 saturated heterocycles. The highest BCUT2D eigenvalue weighted by molar-refractivity contribution is 5.60. The lowest BCUT2D eigenvalue weighted by atomic mass is 9.57. The van der Waals surface area contributed by atoms with Gasteiger partial charge < -0.3 is 4.90 Å². The lowest BCUT2D eigenvalue weighted by Gasteiger charge is -2.59. The monoisotopic (exact) mass is 243 g/mol. The Balaban J connectivity index is 2.13. The van der Waals surface area contributed by atoms with E-state index < -0.39 is 0 Å². The zero-order valence-electron chi connectivity index (χ0n) is 12.2. The molecule has 1 nitrogen and oxygen atoms in total. The number of benzene rings is 1. The zero-order valence-corrected chi connectivity index (χ0v) is 12.2. The Hall–Kier alpha value is -0.980. The molecule has 0 N–H and O–H groups in total. The Bertz CT molecular complexity index is 478. The van der Waals surface area contributed by atoms with Crippen LogP contribution in [0.5, 0.6) is 0 Å². The van der Waals surface area contributed by atoms with E-state index in [0.717, 1.165) is 0 Å². The average molecular weight is 243 g/mol. The van der Waals surface area contributed by atoms with Crippen LogP contribution in [0, 0.1) is 12.3 Å². The smallest absolute Gasteiger partial charge is 0.0427 e. The van der Waals surface area contributed by atoms with Gasteiger partial charge >= 0.3 is 0 Å². The Morgan fingerprint density at radius 1 is 1.11 bits per heavy atom. The molecule has 1 aromatic carbocycles. The molecule has 1 saturated carbocycles. The van der Waals surface area contributed by atoms with Crippen LogP contribution in [-0.2, 0) is 6.42 Å². The van der Waals surface area contributed by atoms with Crippen molar-refractivity contribution < 1.29 is 0 Å². The summed E-state index contributed by atoms with van der Waals surface area (Å²) in [5.41, 5.74) is 5.20. The highest BCUT2D eigenvalue weighted by Gasteiger charge is 2.51. The molecule has 0 bridgehead atoms. The first-order chi connectivity index (χ1) is 8.46. The number of hydrogen-bond donors (Lipinski definition) is 0. The van der Waals surface area contributed by atoms with Gasteiger partial charge in [0.1, 0.15) is 0 Å². The second-order valence-corrected chi connectivity index (χ2v) is 6.91. The predicted molar refractivity (Wildman–Crippen MR) is 78.3 cm³/mol. The fourth-order valence-electron chi connectivity index (χ4n) is 4.28. The average Bonchev–Trinajstić information content (AvgIpc) is 2.31. The molecule has 1 aliphatic heterocycles. The van der Waals surface area contributed by atoms with Gasteiger partial charge in [-0.1, -0.05) is 37.5 Å². The summed E-state index contributed by atoms with van der Waals surface area (Å²) in [5, 5.41) is 0. The van der Waals surface area contributed by atoms with E-state index in [2.05, 4.69) is 50.9 Å². The van der Waals surface area contributed by atoms with E-state index in [-0.39, 0.29) is 0 Å². The van der Waals surface area contributed by atoms with Gasteiger partial charge in [-0.25, -0.2) is 0 Å². The SMILES string of the molecule is Cc1ccc2c(c1)CC1(C)CCCCC1(C)N2C. The van der Waals surface area contributed by atoms with Gasteiger partial charge in [0.25, 0.3) is 0 Å². The minimum atomic E-state index is 0.341. The highest BCUT2D eigenvalue weighted by atomic mass is 15.2. The lowest BCUT2D eigenvalue weighted by molar-refractivity contribution is 0.0814. The predicted octanol–water partition coefficient (Wildman–Crippen LogP) is 4.33. The van der Waals surface area contributed by atoms with Crippen LogP contribution in [0.15, 0.2) is 18.2 Å². The van der Waals surface area contributed by atoms with Crippen LogP contribution < -0.4 is 4.90 Å². The summed E-state index contributed by atoms with van der Waals surface area (Å²) in [6, 6.07) is 6.97. The standard InChI is InChI=1S/C17H25N/c1-13-7-8-15-14(11-13)12-16(2)9-5-6-10-17(16,3)18(15)4/h7-8,11H,5-6,9-10,12H2,1-4H3. The van der Waals surface area contributed by atoms with Crippen LogP contribution in [0.4, 0.5) is 5.69 Å². The molecule has 1 aromatic rings. The highest BCUT2D eigenvalue weighted by Crippen LogP contribution is 2.54. The van der Waals surface area contributed by atoms with Crippen molar-refractivity contribution in [2.45, 2.75) is 58.4 Å². The molecule has 2 unspecified atom stereocenters. The van der Waals surface area contributed by atoms with Crippen LogP contribution >= 0.6 is 0 Å². The summed E-state index contributed by atoms with van der Waals surface area (Å²) < 4.78 is 0. The first-order valence-corrected chi connectivity index (χ1v) is 7.30. The van der Waals surface area contributed by atoms with Gasteiger partial charge in [0, 0.05) is 18.3 Å². The molecular formula is C17H25N. The first-order valence-electron chi connectivity index (χ1n) is 7.30.